The molecule has 0 amide bonds. The maximum absolute atomic E-state index is 5.97. The standard InChI is InChI=1S/C13H18N4OS/c1-2-6-18-13-11(14)12(16-9-17-13)15-5-3-10-4-7-19-8-10/h4,7-9H,2-3,5-6,14H2,1H3,(H,15,16,17). The molecule has 6 heteroatoms. The van der Waals surface area contributed by atoms with Crippen LogP contribution in [-0.2, 0) is 6.42 Å². The molecule has 0 aliphatic rings. The Hall–Kier alpha value is -1.82. The number of thiophene rings is 1. The molecule has 0 saturated carbocycles. The zero-order valence-electron chi connectivity index (χ0n) is 10.9. The molecular formula is C13H18N4OS. The molecule has 0 bridgehead atoms. The largest absolute Gasteiger partial charge is 0.476 e. The van der Waals surface area contributed by atoms with E-state index in [-0.39, 0.29) is 0 Å². The lowest BCUT2D eigenvalue weighted by Gasteiger charge is -2.11. The van der Waals surface area contributed by atoms with Crippen LogP contribution in [0.1, 0.15) is 18.9 Å². The molecule has 0 aliphatic carbocycles. The molecular weight excluding hydrogens is 260 g/mol. The third-order valence-corrected chi connectivity index (χ3v) is 3.31. The van der Waals surface area contributed by atoms with Crippen molar-refractivity contribution < 1.29 is 4.74 Å². The summed E-state index contributed by atoms with van der Waals surface area (Å²) in [6.45, 7) is 3.43. The first-order valence-corrected chi connectivity index (χ1v) is 7.23. The van der Waals surface area contributed by atoms with Crippen LogP contribution < -0.4 is 15.8 Å². The van der Waals surface area contributed by atoms with Crippen molar-refractivity contribution in [3.05, 3.63) is 28.7 Å². The fourth-order valence-corrected chi connectivity index (χ4v) is 2.30. The van der Waals surface area contributed by atoms with Gasteiger partial charge in [-0.15, -0.1) is 0 Å². The van der Waals surface area contributed by atoms with E-state index in [9.17, 15) is 0 Å². The van der Waals surface area contributed by atoms with Gasteiger partial charge >= 0.3 is 0 Å². The van der Waals surface area contributed by atoms with Crippen molar-refractivity contribution >= 4 is 22.8 Å². The average molecular weight is 278 g/mol. The molecule has 0 spiro atoms. The highest BCUT2D eigenvalue weighted by Gasteiger charge is 2.08. The van der Waals surface area contributed by atoms with E-state index in [4.69, 9.17) is 10.5 Å². The molecule has 2 aromatic heterocycles. The van der Waals surface area contributed by atoms with Crippen LogP contribution in [-0.4, -0.2) is 23.1 Å². The highest BCUT2D eigenvalue weighted by molar-refractivity contribution is 7.07. The summed E-state index contributed by atoms with van der Waals surface area (Å²) in [5.74, 6) is 1.09. The number of hydrogen-bond donors (Lipinski definition) is 2. The summed E-state index contributed by atoms with van der Waals surface area (Å²) < 4.78 is 5.46. The second-order valence-electron chi connectivity index (χ2n) is 4.10. The maximum Gasteiger partial charge on any atom is 0.242 e. The molecule has 0 aliphatic heterocycles. The van der Waals surface area contributed by atoms with Crippen molar-refractivity contribution in [1.29, 1.82) is 0 Å². The number of nitrogens with one attached hydrogen (secondary N) is 1. The van der Waals surface area contributed by atoms with Gasteiger partial charge in [-0.05, 0) is 35.2 Å². The van der Waals surface area contributed by atoms with Crippen molar-refractivity contribution in [3.63, 3.8) is 0 Å². The van der Waals surface area contributed by atoms with Gasteiger partial charge in [-0.3, -0.25) is 0 Å². The predicted octanol–water partition coefficient (Wildman–Crippen LogP) is 2.56. The Bertz CT molecular complexity index is 501. The first-order chi connectivity index (χ1) is 9.31. The molecule has 0 unspecified atom stereocenters. The summed E-state index contributed by atoms with van der Waals surface area (Å²) in [5.41, 5.74) is 7.76. The Morgan fingerprint density at radius 3 is 3.05 bits per heavy atom. The Morgan fingerprint density at radius 1 is 1.42 bits per heavy atom. The lowest BCUT2D eigenvalue weighted by molar-refractivity contribution is 0.306. The smallest absolute Gasteiger partial charge is 0.242 e. The minimum atomic E-state index is 0.454. The van der Waals surface area contributed by atoms with E-state index in [1.165, 1.54) is 11.9 Å². The number of ether oxygens (including phenoxy) is 1. The van der Waals surface area contributed by atoms with Crippen LogP contribution in [0.5, 0.6) is 5.88 Å². The second-order valence-corrected chi connectivity index (χ2v) is 4.88. The lowest BCUT2D eigenvalue weighted by Crippen LogP contribution is -2.10. The zero-order valence-corrected chi connectivity index (χ0v) is 11.7. The van der Waals surface area contributed by atoms with Gasteiger partial charge in [0.2, 0.25) is 5.88 Å². The van der Waals surface area contributed by atoms with Crippen LogP contribution in [0.3, 0.4) is 0 Å². The minimum Gasteiger partial charge on any atom is -0.476 e. The van der Waals surface area contributed by atoms with Crippen LogP contribution in [0.25, 0.3) is 0 Å². The van der Waals surface area contributed by atoms with Crippen molar-refractivity contribution in [2.45, 2.75) is 19.8 Å². The third kappa shape index (κ3) is 3.82. The number of hydrogen-bond acceptors (Lipinski definition) is 6. The van der Waals surface area contributed by atoms with Gasteiger partial charge in [0.05, 0.1) is 6.61 Å². The van der Waals surface area contributed by atoms with Gasteiger partial charge in [0.15, 0.2) is 5.82 Å². The van der Waals surface area contributed by atoms with Crippen molar-refractivity contribution in [2.75, 3.05) is 24.2 Å². The van der Waals surface area contributed by atoms with Gasteiger partial charge in [-0.1, -0.05) is 6.92 Å². The van der Waals surface area contributed by atoms with Gasteiger partial charge in [-0.25, -0.2) is 4.98 Å². The second kappa shape index (κ2) is 6.94. The molecule has 0 fully saturated rings. The lowest BCUT2D eigenvalue weighted by atomic mass is 10.2. The Kier molecular flexibility index (Phi) is 4.97. The van der Waals surface area contributed by atoms with Crippen LogP contribution in [0.2, 0.25) is 0 Å². The molecule has 2 heterocycles. The first kappa shape index (κ1) is 13.6. The van der Waals surface area contributed by atoms with Crippen LogP contribution in [0, 0.1) is 0 Å². The van der Waals surface area contributed by atoms with Crippen molar-refractivity contribution in [3.8, 4) is 5.88 Å². The van der Waals surface area contributed by atoms with Crippen LogP contribution in [0.15, 0.2) is 23.2 Å². The van der Waals surface area contributed by atoms with E-state index in [1.54, 1.807) is 11.3 Å². The van der Waals surface area contributed by atoms with Gasteiger partial charge < -0.3 is 15.8 Å². The molecule has 0 saturated heterocycles. The van der Waals surface area contributed by atoms with Crippen molar-refractivity contribution in [1.82, 2.24) is 9.97 Å². The molecule has 0 atom stereocenters. The average Bonchev–Trinajstić information content (AvgIpc) is 2.92. The molecule has 3 N–H and O–H groups in total. The maximum atomic E-state index is 5.97. The molecule has 19 heavy (non-hydrogen) atoms. The molecule has 5 nitrogen and oxygen atoms in total. The summed E-state index contributed by atoms with van der Waals surface area (Å²) in [7, 11) is 0. The molecule has 0 aromatic carbocycles. The van der Waals surface area contributed by atoms with E-state index in [2.05, 4.69) is 32.1 Å². The number of nitrogens with two attached hydrogens (primary N) is 1. The first-order valence-electron chi connectivity index (χ1n) is 6.29. The Balaban J connectivity index is 1.92. The van der Waals surface area contributed by atoms with Crippen LogP contribution >= 0.6 is 11.3 Å². The number of rotatable bonds is 7. The monoisotopic (exact) mass is 278 g/mol. The Labute approximate surface area is 116 Å². The summed E-state index contributed by atoms with van der Waals surface area (Å²) in [5, 5.41) is 7.43. The SMILES string of the molecule is CCCOc1ncnc(NCCc2ccsc2)c1N. The van der Waals surface area contributed by atoms with E-state index in [1.807, 2.05) is 6.92 Å². The number of aromatic nitrogens is 2. The normalized spacial score (nSPS) is 10.4. The minimum absolute atomic E-state index is 0.454. The molecule has 0 radical (unpaired) electrons. The quantitative estimate of drug-likeness (QED) is 0.814. The van der Waals surface area contributed by atoms with Crippen LogP contribution in [0.4, 0.5) is 11.5 Å². The van der Waals surface area contributed by atoms with E-state index < -0.39 is 0 Å². The number of nitrogens with zero attached hydrogens (tertiary/aromatic N) is 2. The predicted molar refractivity (Wildman–Crippen MR) is 78.7 cm³/mol. The van der Waals surface area contributed by atoms with Gasteiger partial charge in [-0.2, -0.15) is 16.3 Å². The summed E-state index contributed by atoms with van der Waals surface area (Å²) in [4.78, 5) is 8.18. The van der Waals surface area contributed by atoms with E-state index in [0.717, 1.165) is 19.4 Å². The molecule has 2 rings (SSSR count). The van der Waals surface area contributed by atoms with Crippen molar-refractivity contribution in [2.24, 2.45) is 0 Å². The molecule has 102 valence electrons. The van der Waals surface area contributed by atoms with Gasteiger partial charge in [0.1, 0.15) is 12.0 Å². The Morgan fingerprint density at radius 2 is 2.32 bits per heavy atom. The summed E-state index contributed by atoms with van der Waals surface area (Å²) in [6.07, 6.45) is 3.33. The summed E-state index contributed by atoms with van der Waals surface area (Å²) in [6, 6.07) is 2.12. The topological polar surface area (TPSA) is 73.1 Å². The summed E-state index contributed by atoms with van der Waals surface area (Å²) >= 11 is 1.70. The van der Waals surface area contributed by atoms with Gasteiger partial charge in [0.25, 0.3) is 0 Å². The fourth-order valence-electron chi connectivity index (χ4n) is 1.59. The number of anilines is 2. The van der Waals surface area contributed by atoms with E-state index in [0.29, 0.717) is 24.0 Å². The fraction of sp³-hybridized carbons (Fsp3) is 0.385. The van der Waals surface area contributed by atoms with Gasteiger partial charge in [0, 0.05) is 6.54 Å². The third-order valence-electron chi connectivity index (χ3n) is 2.58. The number of nitrogen functional groups attached to an aromatic ring is 1. The van der Waals surface area contributed by atoms with E-state index >= 15 is 0 Å². The highest BCUT2D eigenvalue weighted by Crippen LogP contribution is 2.24. The highest BCUT2D eigenvalue weighted by atomic mass is 32.1. The molecule has 2 aromatic rings. The zero-order chi connectivity index (χ0) is 13.5.